The van der Waals surface area contributed by atoms with Crippen molar-refractivity contribution in [3.05, 3.63) is 59.7 Å². The van der Waals surface area contributed by atoms with Crippen molar-refractivity contribution in [3.8, 4) is 5.75 Å². The second-order valence-electron chi connectivity index (χ2n) is 9.07. The molecule has 0 heterocycles. The normalized spacial score (nSPS) is 12.0. The number of benzene rings is 2. The molecule has 0 saturated heterocycles. The Hall–Kier alpha value is -3.07. The van der Waals surface area contributed by atoms with Gasteiger partial charge in [0.1, 0.15) is 11.8 Å². The fraction of sp³-hybridized carbons (Fsp3) is 0.500. The highest BCUT2D eigenvalue weighted by Gasteiger charge is 2.29. The fourth-order valence-electron chi connectivity index (χ4n) is 4.22. The number of sulfonamides is 1. The van der Waals surface area contributed by atoms with E-state index in [9.17, 15) is 18.0 Å². The van der Waals surface area contributed by atoms with Crippen LogP contribution in [0.2, 0.25) is 0 Å². The molecule has 0 saturated carbocycles. The molecule has 37 heavy (non-hydrogen) atoms. The quantitative estimate of drug-likeness (QED) is 0.370. The highest BCUT2D eigenvalue weighted by Crippen LogP contribution is 2.30. The van der Waals surface area contributed by atoms with Crippen LogP contribution in [0.5, 0.6) is 5.75 Å². The number of para-hydroxylation sites is 2. The molecule has 0 aliphatic rings. The molecule has 2 rings (SSSR count). The van der Waals surface area contributed by atoms with Gasteiger partial charge in [-0.3, -0.25) is 13.9 Å². The first-order valence-corrected chi connectivity index (χ1v) is 14.8. The average molecular weight is 532 g/mol. The summed E-state index contributed by atoms with van der Waals surface area (Å²) in [5.41, 5.74) is 2.46. The molecule has 0 fully saturated rings. The summed E-state index contributed by atoms with van der Waals surface area (Å²) >= 11 is 0. The number of hydrogen-bond acceptors (Lipinski definition) is 5. The maximum absolute atomic E-state index is 13.5. The summed E-state index contributed by atoms with van der Waals surface area (Å²) in [6.07, 6.45) is 2.82. The third kappa shape index (κ3) is 9.07. The summed E-state index contributed by atoms with van der Waals surface area (Å²) < 4.78 is 32.2. The summed E-state index contributed by atoms with van der Waals surface area (Å²) in [5.74, 6) is 0.113. The van der Waals surface area contributed by atoms with Crippen molar-refractivity contribution >= 4 is 27.5 Å². The van der Waals surface area contributed by atoms with Crippen LogP contribution in [0.1, 0.15) is 57.6 Å². The molecular weight excluding hydrogens is 490 g/mol. The lowest BCUT2D eigenvalue weighted by Gasteiger charge is -2.31. The maximum atomic E-state index is 13.5. The Morgan fingerprint density at radius 1 is 1.05 bits per heavy atom. The summed E-state index contributed by atoms with van der Waals surface area (Å²) in [6.45, 7) is 9.07. The van der Waals surface area contributed by atoms with Gasteiger partial charge in [0.15, 0.2) is 0 Å². The number of carbonyl (C=O) groups excluding carboxylic acids is 2. The van der Waals surface area contributed by atoms with Crippen molar-refractivity contribution < 1.29 is 22.7 Å². The first-order chi connectivity index (χ1) is 17.6. The number of carbonyl (C=O) groups is 2. The maximum Gasteiger partial charge on any atom is 0.242 e. The number of rotatable bonds is 15. The summed E-state index contributed by atoms with van der Waals surface area (Å²) in [4.78, 5) is 28.1. The van der Waals surface area contributed by atoms with E-state index >= 15 is 0 Å². The highest BCUT2D eigenvalue weighted by molar-refractivity contribution is 7.92. The van der Waals surface area contributed by atoms with Gasteiger partial charge >= 0.3 is 0 Å². The topological polar surface area (TPSA) is 96.0 Å². The van der Waals surface area contributed by atoms with Crippen LogP contribution in [0.25, 0.3) is 0 Å². The molecule has 204 valence electrons. The Labute approximate surface area is 222 Å². The first kappa shape index (κ1) is 30.2. The molecule has 2 aromatic carbocycles. The predicted octanol–water partition coefficient (Wildman–Crippen LogP) is 4.27. The van der Waals surface area contributed by atoms with Crippen LogP contribution >= 0.6 is 0 Å². The van der Waals surface area contributed by atoms with Gasteiger partial charge in [-0.1, -0.05) is 55.8 Å². The lowest BCUT2D eigenvalue weighted by Crippen LogP contribution is -2.49. The molecule has 0 aliphatic carbocycles. The Morgan fingerprint density at radius 2 is 1.78 bits per heavy atom. The molecular formula is C28H41N3O5S. The summed E-state index contributed by atoms with van der Waals surface area (Å²) in [7, 11) is -3.61. The average Bonchev–Trinajstić information content (AvgIpc) is 2.85. The third-order valence-electron chi connectivity index (χ3n) is 5.96. The van der Waals surface area contributed by atoms with Crippen molar-refractivity contribution in [2.75, 3.05) is 30.3 Å². The fourth-order valence-corrected chi connectivity index (χ4v) is 5.18. The minimum atomic E-state index is -3.61. The number of ether oxygens (including phenoxy) is 1. The molecule has 0 bridgehead atoms. The number of hydrogen-bond donors (Lipinski definition) is 1. The van der Waals surface area contributed by atoms with Crippen LogP contribution in [-0.2, 0) is 26.2 Å². The molecule has 0 radical (unpaired) electrons. The number of anilines is 1. The van der Waals surface area contributed by atoms with Gasteiger partial charge in [-0.15, -0.1) is 0 Å². The second kappa shape index (κ2) is 14.6. The van der Waals surface area contributed by atoms with Crippen molar-refractivity contribution in [1.29, 1.82) is 0 Å². The smallest absolute Gasteiger partial charge is 0.242 e. The number of amides is 2. The van der Waals surface area contributed by atoms with Gasteiger partial charge in [0, 0.05) is 26.1 Å². The molecule has 2 amide bonds. The summed E-state index contributed by atoms with van der Waals surface area (Å²) in [5, 5.41) is 2.92. The Morgan fingerprint density at radius 3 is 2.41 bits per heavy atom. The van der Waals surface area contributed by atoms with Crippen molar-refractivity contribution in [1.82, 2.24) is 10.2 Å². The van der Waals surface area contributed by atoms with E-state index in [1.54, 1.807) is 29.2 Å². The molecule has 1 atom stereocenters. The van der Waals surface area contributed by atoms with Gasteiger partial charge in [0.2, 0.25) is 21.8 Å². The lowest BCUT2D eigenvalue weighted by molar-refractivity contribution is -0.141. The van der Waals surface area contributed by atoms with Gasteiger partial charge in [-0.2, -0.15) is 0 Å². The number of nitrogens with zero attached hydrogens (tertiary/aromatic N) is 2. The molecule has 8 nitrogen and oxygen atoms in total. The Kier molecular flexibility index (Phi) is 11.9. The number of aryl methyl sites for hydroxylation is 1. The molecule has 1 N–H and O–H groups in total. The Balaban J connectivity index is 2.24. The van der Waals surface area contributed by atoms with Crippen LogP contribution in [0.3, 0.4) is 0 Å². The van der Waals surface area contributed by atoms with Crippen molar-refractivity contribution in [3.63, 3.8) is 0 Å². The lowest BCUT2D eigenvalue weighted by atomic mass is 10.1. The minimum Gasteiger partial charge on any atom is -0.492 e. The number of nitrogens with one attached hydrogen (secondary N) is 1. The zero-order valence-corrected chi connectivity index (χ0v) is 23.5. The monoisotopic (exact) mass is 531 g/mol. The van der Waals surface area contributed by atoms with Crippen LogP contribution in [0, 0.1) is 6.92 Å². The van der Waals surface area contributed by atoms with E-state index < -0.39 is 16.1 Å². The van der Waals surface area contributed by atoms with E-state index in [0.29, 0.717) is 44.0 Å². The molecule has 0 unspecified atom stereocenters. The van der Waals surface area contributed by atoms with E-state index in [4.69, 9.17) is 4.74 Å². The van der Waals surface area contributed by atoms with Gasteiger partial charge in [0.05, 0.1) is 18.6 Å². The predicted molar refractivity (Wildman–Crippen MR) is 148 cm³/mol. The van der Waals surface area contributed by atoms with Crippen molar-refractivity contribution in [2.24, 2.45) is 0 Å². The zero-order valence-electron chi connectivity index (χ0n) is 22.7. The van der Waals surface area contributed by atoms with Gasteiger partial charge < -0.3 is 15.0 Å². The SMILES string of the molecule is CCCNC(=O)[C@@H](CC)N(Cc1cccc(C)c1)C(=O)CCCN(c1ccccc1OCC)S(C)(=O)=O. The largest absolute Gasteiger partial charge is 0.492 e. The zero-order chi connectivity index (χ0) is 27.4. The molecule has 0 aliphatic heterocycles. The van der Waals surface area contributed by atoms with Gasteiger partial charge in [-0.05, 0) is 50.8 Å². The van der Waals surface area contributed by atoms with Crippen LogP contribution < -0.4 is 14.4 Å². The third-order valence-corrected chi connectivity index (χ3v) is 7.14. The first-order valence-electron chi connectivity index (χ1n) is 12.9. The molecule has 0 aromatic heterocycles. The molecule has 0 spiro atoms. The van der Waals surface area contributed by atoms with Crippen molar-refractivity contribution in [2.45, 2.75) is 66.0 Å². The van der Waals surface area contributed by atoms with E-state index in [1.807, 2.05) is 52.0 Å². The minimum absolute atomic E-state index is 0.103. The van der Waals surface area contributed by atoms with E-state index in [2.05, 4.69) is 5.32 Å². The highest BCUT2D eigenvalue weighted by atomic mass is 32.2. The van der Waals surface area contributed by atoms with E-state index in [0.717, 1.165) is 23.8 Å². The van der Waals surface area contributed by atoms with Gasteiger partial charge in [-0.25, -0.2) is 8.42 Å². The Bertz CT molecular complexity index is 1140. The van der Waals surface area contributed by atoms with Crippen LogP contribution in [0.15, 0.2) is 48.5 Å². The van der Waals surface area contributed by atoms with Gasteiger partial charge in [0.25, 0.3) is 0 Å². The standard InChI is InChI=1S/C28H41N3O5S/c1-6-18-29-28(33)24(7-2)30(21-23-14-11-13-22(4)20-23)27(32)17-12-19-31(37(5,34)35)25-15-9-10-16-26(25)36-8-3/h9-11,13-16,20,24H,6-8,12,17-19,21H2,1-5H3,(H,29,33)/t24-/m1/s1. The second-order valence-corrected chi connectivity index (χ2v) is 11.0. The van der Waals surface area contributed by atoms with Crippen LogP contribution in [-0.4, -0.2) is 57.1 Å². The van der Waals surface area contributed by atoms with E-state index in [1.165, 1.54) is 4.31 Å². The van der Waals surface area contributed by atoms with E-state index in [-0.39, 0.29) is 24.8 Å². The molecule has 9 heteroatoms. The summed E-state index contributed by atoms with van der Waals surface area (Å²) in [6, 6.07) is 14.2. The molecule has 2 aromatic rings. The van der Waals surface area contributed by atoms with Crippen LogP contribution in [0.4, 0.5) is 5.69 Å².